The summed E-state index contributed by atoms with van der Waals surface area (Å²) in [7, 11) is -3.59. The Hall–Kier alpha value is -1.80. The van der Waals surface area contributed by atoms with E-state index in [1.807, 2.05) is 38.1 Å². The number of halogens is 2. The number of benzene rings is 2. The molecule has 1 amide bonds. The fraction of sp³-hybridized carbons (Fsp3) is 0.435. The van der Waals surface area contributed by atoms with Gasteiger partial charge in [-0.15, -0.1) is 0 Å². The molecule has 0 aromatic heterocycles. The standard InChI is InChI=1S/C23H28Cl2N2O4S/c1-3-31-20-9-7-18(8-10-20)16(2)26-23(28)19-5-4-12-27(14-19)32(29,30)15-17-6-11-21(24)22(25)13-17/h6-11,13,16,19H,3-5,12,14-15H2,1-2H3,(H,26,28)/t16-,19+/m0/s1. The van der Waals surface area contributed by atoms with Gasteiger partial charge in [0.05, 0.1) is 34.4 Å². The van der Waals surface area contributed by atoms with Gasteiger partial charge >= 0.3 is 0 Å². The molecule has 0 bridgehead atoms. The molecule has 0 radical (unpaired) electrons. The summed E-state index contributed by atoms with van der Waals surface area (Å²) >= 11 is 11.9. The predicted molar refractivity (Wildman–Crippen MR) is 128 cm³/mol. The lowest BCUT2D eigenvalue weighted by Gasteiger charge is -2.32. The van der Waals surface area contributed by atoms with Crippen LogP contribution in [0.5, 0.6) is 5.75 Å². The number of carbonyl (C=O) groups is 1. The van der Waals surface area contributed by atoms with E-state index in [9.17, 15) is 13.2 Å². The minimum Gasteiger partial charge on any atom is -0.494 e. The number of ether oxygens (including phenoxy) is 1. The zero-order valence-electron chi connectivity index (χ0n) is 18.2. The van der Waals surface area contributed by atoms with Gasteiger partial charge in [-0.2, -0.15) is 0 Å². The Kier molecular flexibility index (Phi) is 8.44. The van der Waals surface area contributed by atoms with Crippen molar-refractivity contribution in [2.45, 2.75) is 38.5 Å². The molecule has 9 heteroatoms. The third-order valence-electron chi connectivity index (χ3n) is 5.53. The summed E-state index contributed by atoms with van der Waals surface area (Å²) in [6.45, 7) is 5.01. The maximum atomic E-state index is 13.0. The molecule has 0 saturated carbocycles. The van der Waals surface area contributed by atoms with Crippen LogP contribution >= 0.6 is 23.2 Å². The first-order valence-electron chi connectivity index (χ1n) is 10.6. The fourth-order valence-electron chi connectivity index (χ4n) is 3.77. The van der Waals surface area contributed by atoms with Gasteiger partial charge in [-0.25, -0.2) is 12.7 Å². The number of rotatable bonds is 8. The SMILES string of the molecule is CCOc1ccc([C@H](C)NC(=O)[C@@H]2CCCN(S(=O)(=O)Cc3ccc(Cl)c(Cl)c3)C2)cc1. The molecule has 0 unspecified atom stereocenters. The van der Waals surface area contributed by atoms with Crippen LogP contribution in [0.2, 0.25) is 10.0 Å². The molecule has 2 aromatic rings. The highest BCUT2D eigenvalue weighted by Crippen LogP contribution is 2.26. The molecule has 2 atom stereocenters. The van der Waals surface area contributed by atoms with Crippen LogP contribution in [0.3, 0.4) is 0 Å². The summed E-state index contributed by atoms with van der Waals surface area (Å²) in [5.41, 5.74) is 1.52. The first kappa shape index (κ1) is 24.8. The second-order valence-corrected chi connectivity index (χ2v) is 10.7. The van der Waals surface area contributed by atoms with Crippen LogP contribution in [0.1, 0.15) is 43.9 Å². The zero-order valence-corrected chi connectivity index (χ0v) is 20.5. The normalized spacial score (nSPS) is 18.2. The van der Waals surface area contributed by atoms with Gasteiger partial charge in [-0.05, 0) is 62.1 Å². The maximum Gasteiger partial charge on any atom is 0.224 e. The van der Waals surface area contributed by atoms with Gasteiger partial charge in [-0.3, -0.25) is 4.79 Å². The quantitative estimate of drug-likeness (QED) is 0.566. The topological polar surface area (TPSA) is 75.7 Å². The molecule has 0 spiro atoms. The predicted octanol–water partition coefficient (Wildman–Crippen LogP) is 4.81. The van der Waals surface area contributed by atoms with E-state index < -0.39 is 15.9 Å². The van der Waals surface area contributed by atoms with E-state index in [2.05, 4.69) is 5.32 Å². The molecule has 1 aliphatic rings. The van der Waals surface area contributed by atoms with Crippen LogP contribution in [-0.2, 0) is 20.6 Å². The van der Waals surface area contributed by atoms with E-state index in [0.717, 1.165) is 11.3 Å². The molecule has 174 valence electrons. The van der Waals surface area contributed by atoms with Crippen molar-refractivity contribution in [1.29, 1.82) is 0 Å². The number of amides is 1. The zero-order chi connectivity index (χ0) is 23.3. The fourth-order valence-corrected chi connectivity index (χ4v) is 5.69. The Morgan fingerprint density at radius 3 is 2.56 bits per heavy atom. The number of sulfonamides is 1. The van der Waals surface area contributed by atoms with Gasteiger partial charge in [0.2, 0.25) is 15.9 Å². The van der Waals surface area contributed by atoms with E-state index >= 15 is 0 Å². The monoisotopic (exact) mass is 498 g/mol. The third-order valence-corrected chi connectivity index (χ3v) is 8.09. The summed E-state index contributed by atoms with van der Waals surface area (Å²) in [5, 5.41) is 3.72. The molecule has 1 fully saturated rings. The van der Waals surface area contributed by atoms with Crippen LogP contribution < -0.4 is 10.1 Å². The molecule has 1 heterocycles. The van der Waals surface area contributed by atoms with Gasteiger partial charge in [0.1, 0.15) is 5.75 Å². The Labute approximate surface area is 199 Å². The van der Waals surface area contributed by atoms with Crippen LogP contribution in [-0.4, -0.2) is 38.3 Å². The van der Waals surface area contributed by atoms with Crippen molar-refractivity contribution in [2.24, 2.45) is 5.92 Å². The lowest BCUT2D eigenvalue weighted by atomic mass is 9.98. The van der Waals surface area contributed by atoms with Gasteiger partial charge in [0.15, 0.2) is 0 Å². The van der Waals surface area contributed by atoms with Crippen molar-refractivity contribution in [1.82, 2.24) is 9.62 Å². The van der Waals surface area contributed by atoms with Gasteiger partial charge in [0.25, 0.3) is 0 Å². The smallest absolute Gasteiger partial charge is 0.224 e. The van der Waals surface area contributed by atoms with Crippen LogP contribution in [0, 0.1) is 5.92 Å². The highest BCUT2D eigenvalue weighted by molar-refractivity contribution is 7.88. The molecule has 2 aromatic carbocycles. The largest absolute Gasteiger partial charge is 0.494 e. The first-order valence-corrected chi connectivity index (χ1v) is 13.0. The molecular formula is C23H28Cl2N2O4S. The van der Waals surface area contributed by atoms with Crippen LogP contribution in [0.15, 0.2) is 42.5 Å². The van der Waals surface area contributed by atoms with E-state index in [-0.39, 0.29) is 24.2 Å². The number of carbonyl (C=O) groups excluding carboxylic acids is 1. The van der Waals surface area contributed by atoms with Crippen molar-refractivity contribution >= 4 is 39.1 Å². The number of hydrogen-bond acceptors (Lipinski definition) is 4. The molecular weight excluding hydrogens is 471 g/mol. The Morgan fingerprint density at radius 1 is 1.19 bits per heavy atom. The highest BCUT2D eigenvalue weighted by Gasteiger charge is 2.33. The highest BCUT2D eigenvalue weighted by atomic mass is 35.5. The van der Waals surface area contributed by atoms with E-state index in [4.69, 9.17) is 27.9 Å². The summed E-state index contributed by atoms with van der Waals surface area (Å²) in [6, 6.07) is 12.2. The average Bonchev–Trinajstić information content (AvgIpc) is 2.77. The summed E-state index contributed by atoms with van der Waals surface area (Å²) in [5.74, 6) is 0.0732. The molecule has 3 rings (SSSR count). The van der Waals surface area contributed by atoms with Crippen molar-refractivity contribution in [3.05, 3.63) is 63.6 Å². The Balaban J connectivity index is 1.61. The molecule has 6 nitrogen and oxygen atoms in total. The summed E-state index contributed by atoms with van der Waals surface area (Å²) in [6.07, 6.45) is 1.29. The van der Waals surface area contributed by atoms with Gasteiger partial charge in [-0.1, -0.05) is 41.4 Å². The molecule has 32 heavy (non-hydrogen) atoms. The average molecular weight is 499 g/mol. The first-order chi connectivity index (χ1) is 15.2. The van der Waals surface area contributed by atoms with E-state index in [0.29, 0.717) is 41.6 Å². The minimum absolute atomic E-state index is 0.138. The second kappa shape index (κ2) is 10.9. The molecule has 0 aliphatic carbocycles. The number of nitrogens with zero attached hydrogens (tertiary/aromatic N) is 1. The second-order valence-electron chi connectivity index (χ2n) is 7.93. The van der Waals surface area contributed by atoms with Crippen LogP contribution in [0.4, 0.5) is 0 Å². The maximum absolute atomic E-state index is 13.0. The lowest BCUT2D eigenvalue weighted by Crippen LogP contribution is -2.46. The lowest BCUT2D eigenvalue weighted by molar-refractivity contribution is -0.126. The summed E-state index contributed by atoms with van der Waals surface area (Å²) in [4.78, 5) is 12.9. The number of piperidine rings is 1. The van der Waals surface area contributed by atoms with Crippen LogP contribution in [0.25, 0.3) is 0 Å². The molecule has 1 saturated heterocycles. The van der Waals surface area contributed by atoms with Crippen molar-refractivity contribution < 1.29 is 17.9 Å². The summed E-state index contributed by atoms with van der Waals surface area (Å²) < 4.78 is 32.8. The molecule has 1 N–H and O–H groups in total. The van der Waals surface area contributed by atoms with Crippen molar-refractivity contribution in [2.75, 3.05) is 19.7 Å². The minimum atomic E-state index is -3.59. The van der Waals surface area contributed by atoms with Crippen molar-refractivity contribution in [3.8, 4) is 5.75 Å². The third kappa shape index (κ3) is 6.38. The van der Waals surface area contributed by atoms with Gasteiger partial charge < -0.3 is 10.1 Å². The Bertz CT molecular complexity index is 1040. The van der Waals surface area contributed by atoms with E-state index in [1.54, 1.807) is 18.2 Å². The van der Waals surface area contributed by atoms with Crippen molar-refractivity contribution in [3.63, 3.8) is 0 Å². The van der Waals surface area contributed by atoms with Gasteiger partial charge in [0, 0.05) is 13.1 Å². The number of hydrogen-bond donors (Lipinski definition) is 1. The Morgan fingerprint density at radius 2 is 1.91 bits per heavy atom. The molecule has 1 aliphatic heterocycles. The van der Waals surface area contributed by atoms with E-state index in [1.165, 1.54) is 4.31 Å². The number of nitrogens with one attached hydrogen (secondary N) is 1.